The quantitative estimate of drug-likeness (QED) is 0.426. The molecular weight excluding hydrogens is 256 g/mol. The van der Waals surface area contributed by atoms with Crippen molar-refractivity contribution in [2.45, 2.75) is 39.1 Å². The van der Waals surface area contributed by atoms with Crippen LogP contribution in [0.5, 0.6) is 0 Å². The average Bonchev–Trinajstić information content (AvgIpc) is 2.55. The number of rotatable bonds is 4. The summed E-state index contributed by atoms with van der Waals surface area (Å²) in [5.74, 6) is -1.77. The zero-order valence-electron chi connectivity index (χ0n) is 10.9. The SMILES string of the molecule is CC(=O)O[C@H]1[C@H](OC(C)=O)C=C(CO)[C@@H]1OC(C)=O. The highest BCUT2D eigenvalue weighted by Crippen LogP contribution is 2.28. The van der Waals surface area contributed by atoms with Gasteiger partial charge in [0.1, 0.15) is 0 Å². The second-order valence-electron chi connectivity index (χ2n) is 4.08. The van der Waals surface area contributed by atoms with Gasteiger partial charge in [0, 0.05) is 20.8 Å². The molecule has 1 aliphatic carbocycles. The first-order valence-corrected chi connectivity index (χ1v) is 5.68. The number of hydrogen-bond donors (Lipinski definition) is 1. The number of carbonyl (C=O) groups is 3. The van der Waals surface area contributed by atoms with Crippen LogP contribution in [-0.4, -0.2) is 47.9 Å². The second-order valence-corrected chi connectivity index (χ2v) is 4.08. The molecule has 0 saturated heterocycles. The molecule has 0 spiro atoms. The van der Waals surface area contributed by atoms with E-state index < -0.39 is 42.8 Å². The molecule has 3 atom stereocenters. The molecule has 0 aliphatic heterocycles. The van der Waals surface area contributed by atoms with Gasteiger partial charge in [0.05, 0.1) is 6.61 Å². The molecule has 0 amide bonds. The van der Waals surface area contributed by atoms with Gasteiger partial charge in [-0.3, -0.25) is 14.4 Å². The van der Waals surface area contributed by atoms with E-state index in [0.717, 1.165) is 0 Å². The van der Waals surface area contributed by atoms with Crippen molar-refractivity contribution in [1.82, 2.24) is 0 Å². The van der Waals surface area contributed by atoms with Gasteiger partial charge < -0.3 is 19.3 Å². The minimum Gasteiger partial charge on any atom is -0.454 e. The minimum absolute atomic E-state index is 0.327. The predicted molar refractivity (Wildman–Crippen MR) is 61.8 cm³/mol. The highest BCUT2D eigenvalue weighted by atomic mass is 16.6. The van der Waals surface area contributed by atoms with E-state index >= 15 is 0 Å². The van der Waals surface area contributed by atoms with Crippen LogP contribution >= 0.6 is 0 Å². The van der Waals surface area contributed by atoms with Crippen LogP contribution in [-0.2, 0) is 28.6 Å². The van der Waals surface area contributed by atoms with Crippen molar-refractivity contribution in [3.63, 3.8) is 0 Å². The van der Waals surface area contributed by atoms with Crippen LogP contribution in [0.3, 0.4) is 0 Å². The Hall–Kier alpha value is -1.89. The van der Waals surface area contributed by atoms with Gasteiger partial charge in [0.2, 0.25) is 0 Å². The normalized spacial score (nSPS) is 25.5. The molecule has 0 radical (unpaired) electrons. The molecule has 1 N–H and O–H groups in total. The number of hydrogen-bond acceptors (Lipinski definition) is 7. The molecular formula is C12H16O7. The lowest BCUT2D eigenvalue weighted by atomic mass is 10.1. The molecule has 0 aromatic carbocycles. The van der Waals surface area contributed by atoms with Gasteiger partial charge in [0.25, 0.3) is 0 Å². The van der Waals surface area contributed by atoms with Crippen LogP contribution in [0.15, 0.2) is 11.6 Å². The summed E-state index contributed by atoms with van der Waals surface area (Å²) in [4.78, 5) is 33.1. The molecule has 0 aromatic heterocycles. The summed E-state index contributed by atoms with van der Waals surface area (Å²) < 4.78 is 15.0. The van der Waals surface area contributed by atoms with E-state index in [1.54, 1.807) is 0 Å². The summed E-state index contributed by atoms with van der Waals surface area (Å²) in [5.41, 5.74) is 0.327. The van der Waals surface area contributed by atoms with Gasteiger partial charge >= 0.3 is 17.9 Å². The number of aliphatic hydroxyl groups excluding tert-OH is 1. The topological polar surface area (TPSA) is 99.1 Å². The van der Waals surface area contributed by atoms with Crippen molar-refractivity contribution in [2.75, 3.05) is 6.61 Å². The number of ether oxygens (including phenoxy) is 3. The largest absolute Gasteiger partial charge is 0.454 e. The molecule has 0 saturated carbocycles. The molecule has 106 valence electrons. The first-order valence-electron chi connectivity index (χ1n) is 5.68. The van der Waals surface area contributed by atoms with Gasteiger partial charge in [-0.05, 0) is 11.6 Å². The van der Waals surface area contributed by atoms with Crippen LogP contribution in [0, 0.1) is 0 Å². The van der Waals surface area contributed by atoms with E-state index in [1.807, 2.05) is 0 Å². The molecule has 7 nitrogen and oxygen atoms in total. The second kappa shape index (κ2) is 6.33. The van der Waals surface area contributed by atoms with E-state index in [9.17, 15) is 19.5 Å². The third-order valence-corrected chi connectivity index (χ3v) is 2.45. The molecule has 1 rings (SSSR count). The highest BCUT2D eigenvalue weighted by molar-refractivity contribution is 5.69. The molecule has 0 unspecified atom stereocenters. The monoisotopic (exact) mass is 272 g/mol. The fraction of sp³-hybridized carbons (Fsp3) is 0.583. The van der Waals surface area contributed by atoms with Crippen LogP contribution in [0.4, 0.5) is 0 Å². The lowest BCUT2D eigenvalue weighted by molar-refractivity contribution is -0.173. The van der Waals surface area contributed by atoms with Crippen LogP contribution < -0.4 is 0 Å². The molecule has 0 fully saturated rings. The minimum atomic E-state index is -0.979. The summed E-state index contributed by atoms with van der Waals surface area (Å²) in [5, 5.41) is 9.21. The summed E-state index contributed by atoms with van der Waals surface area (Å²) in [6, 6.07) is 0. The van der Waals surface area contributed by atoms with E-state index in [2.05, 4.69) is 0 Å². The Labute approximate surface area is 110 Å². The first kappa shape index (κ1) is 15.2. The summed E-state index contributed by atoms with van der Waals surface area (Å²) >= 11 is 0. The third-order valence-electron chi connectivity index (χ3n) is 2.45. The van der Waals surface area contributed by atoms with Crippen molar-refractivity contribution in [3.05, 3.63) is 11.6 Å². The highest BCUT2D eigenvalue weighted by Gasteiger charge is 2.43. The van der Waals surface area contributed by atoms with Gasteiger partial charge in [-0.2, -0.15) is 0 Å². The zero-order chi connectivity index (χ0) is 14.6. The van der Waals surface area contributed by atoms with E-state index in [-0.39, 0.29) is 0 Å². The standard InChI is InChI=1S/C12H16O7/c1-6(14)17-10-4-9(5-13)11(18-7(2)15)12(10)19-8(3)16/h4,10-13H,5H2,1-3H3/t10-,11+,12+/m1/s1. The first-order chi connectivity index (χ1) is 8.85. The van der Waals surface area contributed by atoms with Crippen molar-refractivity contribution in [2.24, 2.45) is 0 Å². The Morgan fingerprint density at radius 2 is 1.58 bits per heavy atom. The summed E-state index contributed by atoms with van der Waals surface area (Å²) in [6.45, 7) is 3.19. The van der Waals surface area contributed by atoms with Crippen molar-refractivity contribution in [1.29, 1.82) is 0 Å². The maximum atomic E-state index is 11.1. The maximum absolute atomic E-state index is 11.1. The van der Waals surface area contributed by atoms with E-state index in [0.29, 0.717) is 5.57 Å². The molecule has 19 heavy (non-hydrogen) atoms. The smallest absolute Gasteiger partial charge is 0.303 e. The lowest BCUT2D eigenvalue weighted by Gasteiger charge is -2.25. The summed E-state index contributed by atoms with van der Waals surface area (Å²) in [7, 11) is 0. The van der Waals surface area contributed by atoms with Crippen molar-refractivity contribution in [3.8, 4) is 0 Å². The maximum Gasteiger partial charge on any atom is 0.303 e. The summed E-state index contributed by atoms with van der Waals surface area (Å²) in [6.07, 6.45) is -1.39. The lowest BCUT2D eigenvalue weighted by Crippen LogP contribution is -2.40. The number of carbonyl (C=O) groups excluding carboxylic acids is 3. The molecule has 1 aliphatic rings. The van der Waals surface area contributed by atoms with Gasteiger partial charge in [-0.25, -0.2) is 0 Å². The number of esters is 3. The molecule has 0 aromatic rings. The molecule has 0 bridgehead atoms. The fourth-order valence-electron chi connectivity index (χ4n) is 1.86. The van der Waals surface area contributed by atoms with Gasteiger partial charge in [-0.1, -0.05) is 0 Å². The Kier molecular flexibility index (Phi) is 5.05. The predicted octanol–water partition coefficient (Wildman–Crippen LogP) is -0.286. The van der Waals surface area contributed by atoms with E-state index in [1.165, 1.54) is 26.8 Å². The number of aliphatic hydroxyl groups is 1. The Morgan fingerprint density at radius 3 is 2.00 bits per heavy atom. The van der Waals surface area contributed by atoms with Crippen molar-refractivity contribution < 1.29 is 33.7 Å². The van der Waals surface area contributed by atoms with E-state index in [4.69, 9.17) is 14.2 Å². The molecule has 0 heterocycles. The molecule has 7 heteroatoms. The van der Waals surface area contributed by atoms with Crippen LogP contribution in [0.1, 0.15) is 20.8 Å². The van der Waals surface area contributed by atoms with Crippen LogP contribution in [0.25, 0.3) is 0 Å². The Balaban J connectivity index is 2.96. The Bertz CT molecular complexity index is 412. The van der Waals surface area contributed by atoms with Crippen molar-refractivity contribution >= 4 is 17.9 Å². The Morgan fingerprint density at radius 1 is 1.05 bits per heavy atom. The van der Waals surface area contributed by atoms with Gasteiger partial charge in [0.15, 0.2) is 18.3 Å². The fourth-order valence-corrected chi connectivity index (χ4v) is 1.86. The third kappa shape index (κ3) is 4.06. The average molecular weight is 272 g/mol. The van der Waals surface area contributed by atoms with Gasteiger partial charge in [-0.15, -0.1) is 0 Å². The van der Waals surface area contributed by atoms with Crippen LogP contribution in [0.2, 0.25) is 0 Å². The zero-order valence-corrected chi connectivity index (χ0v) is 10.9.